The summed E-state index contributed by atoms with van der Waals surface area (Å²) < 4.78 is 0. The Bertz CT molecular complexity index is 893. The van der Waals surface area contributed by atoms with Gasteiger partial charge in [0.15, 0.2) is 0 Å². The smallest absolute Gasteiger partial charge is 0.242 e. The number of halogens is 3. The highest BCUT2D eigenvalue weighted by Crippen LogP contribution is 2.24. The Balaban J connectivity index is 2.11. The standard InChI is InChI=1S/C23H27Cl3N2O2S/c1-4-15(2)27-23(30)16(3)28(12-18-7-10-20(25)11-21(18)26)22(29)14-31-13-17-5-8-19(24)9-6-17/h5-11,15-16H,4,12-14H2,1-3H3,(H,27,30)/t15-,16+/m1/s1. The predicted molar refractivity (Wildman–Crippen MR) is 132 cm³/mol. The zero-order valence-corrected chi connectivity index (χ0v) is 20.9. The van der Waals surface area contributed by atoms with Crippen LogP contribution >= 0.6 is 46.6 Å². The second kappa shape index (κ2) is 12.6. The van der Waals surface area contributed by atoms with Crippen molar-refractivity contribution in [2.45, 2.75) is 51.6 Å². The second-order valence-corrected chi connectivity index (χ2v) is 9.64. The highest BCUT2D eigenvalue weighted by Gasteiger charge is 2.27. The molecule has 2 aromatic rings. The molecule has 0 spiro atoms. The van der Waals surface area contributed by atoms with E-state index in [1.165, 1.54) is 11.8 Å². The number of benzene rings is 2. The van der Waals surface area contributed by atoms with Gasteiger partial charge in [0.05, 0.1) is 5.75 Å². The highest BCUT2D eigenvalue weighted by molar-refractivity contribution is 7.99. The van der Waals surface area contributed by atoms with Gasteiger partial charge in [-0.2, -0.15) is 0 Å². The van der Waals surface area contributed by atoms with E-state index in [9.17, 15) is 9.59 Å². The normalized spacial score (nSPS) is 12.8. The summed E-state index contributed by atoms with van der Waals surface area (Å²) in [6.07, 6.45) is 0.812. The quantitative estimate of drug-likeness (QED) is 0.421. The van der Waals surface area contributed by atoms with Gasteiger partial charge in [-0.1, -0.05) is 59.9 Å². The molecule has 0 aliphatic rings. The molecule has 0 aliphatic heterocycles. The maximum atomic E-state index is 13.1. The van der Waals surface area contributed by atoms with Crippen LogP contribution in [-0.4, -0.2) is 34.6 Å². The molecule has 4 nitrogen and oxygen atoms in total. The van der Waals surface area contributed by atoms with Crippen LogP contribution in [0.5, 0.6) is 0 Å². The van der Waals surface area contributed by atoms with Crippen molar-refractivity contribution < 1.29 is 9.59 Å². The summed E-state index contributed by atoms with van der Waals surface area (Å²) in [5, 5.41) is 4.62. The van der Waals surface area contributed by atoms with E-state index in [-0.39, 0.29) is 30.2 Å². The van der Waals surface area contributed by atoms with Crippen LogP contribution in [0.4, 0.5) is 0 Å². The van der Waals surface area contributed by atoms with Crippen molar-refractivity contribution in [1.29, 1.82) is 0 Å². The largest absolute Gasteiger partial charge is 0.352 e. The molecule has 168 valence electrons. The van der Waals surface area contributed by atoms with E-state index in [1.54, 1.807) is 30.0 Å². The molecule has 0 aromatic heterocycles. The molecule has 2 atom stereocenters. The van der Waals surface area contributed by atoms with Crippen LogP contribution in [0.25, 0.3) is 0 Å². The maximum absolute atomic E-state index is 13.1. The van der Waals surface area contributed by atoms with Crippen LogP contribution in [0.2, 0.25) is 15.1 Å². The fourth-order valence-electron chi connectivity index (χ4n) is 2.80. The Morgan fingerprint density at radius 3 is 2.29 bits per heavy atom. The minimum atomic E-state index is -0.635. The van der Waals surface area contributed by atoms with E-state index in [1.807, 2.05) is 38.1 Å². The molecule has 8 heteroatoms. The number of rotatable bonds is 10. The van der Waals surface area contributed by atoms with Gasteiger partial charge in [0.1, 0.15) is 6.04 Å². The van der Waals surface area contributed by atoms with E-state index in [0.717, 1.165) is 17.5 Å². The first-order chi connectivity index (χ1) is 14.7. The molecule has 2 rings (SSSR count). The molecular weight excluding hydrogens is 475 g/mol. The van der Waals surface area contributed by atoms with Crippen LogP contribution in [0.3, 0.4) is 0 Å². The maximum Gasteiger partial charge on any atom is 0.242 e. The average molecular weight is 502 g/mol. The second-order valence-electron chi connectivity index (χ2n) is 7.37. The minimum absolute atomic E-state index is 0.0327. The molecule has 1 N–H and O–H groups in total. The van der Waals surface area contributed by atoms with E-state index >= 15 is 0 Å². The summed E-state index contributed by atoms with van der Waals surface area (Å²) in [6.45, 7) is 5.91. The number of carbonyl (C=O) groups is 2. The summed E-state index contributed by atoms with van der Waals surface area (Å²) in [7, 11) is 0. The van der Waals surface area contributed by atoms with Gasteiger partial charge >= 0.3 is 0 Å². The van der Waals surface area contributed by atoms with Crippen molar-refractivity contribution >= 4 is 58.4 Å². The van der Waals surface area contributed by atoms with E-state index in [0.29, 0.717) is 20.8 Å². The van der Waals surface area contributed by atoms with Gasteiger partial charge in [-0.25, -0.2) is 0 Å². The fraction of sp³-hybridized carbons (Fsp3) is 0.391. The molecule has 0 saturated carbocycles. The Morgan fingerprint density at radius 2 is 1.68 bits per heavy atom. The molecule has 2 amide bonds. The molecule has 0 bridgehead atoms. The monoisotopic (exact) mass is 500 g/mol. The Labute approximate surface area is 203 Å². The van der Waals surface area contributed by atoms with Crippen LogP contribution in [0.15, 0.2) is 42.5 Å². The Hall–Kier alpha value is -1.40. The molecule has 0 aliphatic carbocycles. The van der Waals surface area contributed by atoms with Crippen molar-refractivity contribution in [3.8, 4) is 0 Å². The Kier molecular flexibility index (Phi) is 10.5. The molecule has 2 aromatic carbocycles. The summed E-state index contributed by atoms with van der Waals surface area (Å²) in [5.41, 5.74) is 1.82. The summed E-state index contributed by atoms with van der Waals surface area (Å²) >= 11 is 19.7. The average Bonchev–Trinajstić information content (AvgIpc) is 2.73. The number of amides is 2. The predicted octanol–water partition coefficient (Wildman–Crippen LogP) is 6.21. The van der Waals surface area contributed by atoms with Gasteiger partial charge in [0.2, 0.25) is 11.8 Å². The zero-order chi connectivity index (χ0) is 23.0. The lowest BCUT2D eigenvalue weighted by Gasteiger charge is -2.30. The molecule has 0 unspecified atom stereocenters. The third-order valence-corrected chi connectivity index (χ3v) is 6.76. The number of thioether (sulfide) groups is 1. The lowest BCUT2D eigenvalue weighted by molar-refractivity contribution is -0.138. The SMILES string of the molecule is CC[C@@H](C)NC(=O)[C@H](C)N(Cc1ccc(Cl)cc1Cl)C(=O)CSCc1ccc(Cl)cc1. The first kappa shape index (κ1) is 25.9. The lowest BCUT2D eigenvalue weighted by atomic mass is 10.1. The van der Waals surface area contributed by atoms with Crippen LogP contribution in [-0.2, 0) is 21.9 Å². The number of hydrogen-bond acceptors (Lipinski definition) is 3. The van der Waals surface area contributed by atoms with E-state index in [4.69, 9.17) is 34.8 Å². The highest BCUT2D eigenvalue weighted by atomic mass is 35.5. The third-order valence-electron chi connectivity index (χ3n) is 4.93. The Morgan fingerprint density at radius 1 is 1.03 bits per heavy atom. The zero-order valence-electron chi connectivity index (χ0n) is 17.8. The lowest BCUT2D eigenvalue weighted by Crippen LogP contribution is -2.50. The van der Waals surface area contributed by atoms with Crippen molar-refractivity contribution in [2.24, 2.45) is 0 Å². The van der Waals surface area contributed by atoms with Crippen LogP contribution in [0, 0.1) is 0 Å². The summed E-state index contributed by atoms with van der Waals surface area (Å²) in [6, 6.07) is 12.1. The number of hydrogen-bond donors (Lipinski definition) is 1. The first-order valence-electron chi connectivity index (χ1n) is 10.1. The number of nitrogens with one attached hydrogen (secondary N) is 1. The van der Waals surface area contributed by atoms with Gasteiger partial charge in [0, 0.05) is 33.4 Å². The molecule has 0 heterocycles. The van der Waals surface area contributed by atoms with Crippen LogP contribution in [0.1, 0.15) is 38.3 Å². The van der Waals surface area contributed by atoms with Gasteiger partial charge in [0.25, 0.3) is 0 Å². The van der Waals surface area contributed by atoms with Crippen molar-refractivity contribution in [1.82, 2.24) is 10.2 Å². The van der Waals surface area contributed by atoms with Crippen LogP contribution < -0.4 is 5.32 Å². The molecular formula is C23H27Cl3N2O2S. The number of carbonyl (C=O) groups excluding carboxylic acids is 2. The molecule has 0 radical (unpaired) electrons. The fourth-order valence-corrected chi connectivity index (χ4v) is 4.27. The first-order valence-corrected chi connectivity index (χ1v) is 12.4. The minimum Gasteiger partial charge on any atom is -0.352 e. The summed E-state index contributed by atoms with van der Waals surface area (Å²) in [5.74, 6) is 0.605. The summed E-state index contributed by atoms with van der Waals surface area (Å²) in [4.78, 5) is 27.4. The van der Waals surface area contributed by atoms with Crippen molar-refractivity contribution in [3.05, 3.63) is 68.7 Å². The van der Waals surface area contributed by atoms with Gasteiger partial charge < -0.3 is 10.2 Å². The van der Waals surface area contributed by atoms with Gasteiger partial charge in [-0.15, -0.1) is 11.8 Å². The van der Waals surface area contributed by atoms with Gasteiger partial charge in [-0.05, 0) is 55.7 Å². The van der Waals surface area contributed by atoms with Gasteiger partial charge in [-0.3, -0.25) is 9.59 Å². The van der Waals surface area contributed by atoms with E-state index < -0.39 is 6.04 Å². The van der Waals surface area contributed by atoms with Crippen molar-refractivity contribution in [2.75, 3.05) is 5.75 Å². The van der Waals surface area contributed by atoms with Crippen molar-refractivity contribution in [3.63, 3.8) is 0 Å². The number of nitrogens with zero attached hydrogens (tertiary/aromatic N) is 1. The topological polar surface area (TPSA) is 49.4 Å². The molecule has 31 heavy (non-hydrogen) atoms. The van der Waals surface area contributed by atoms with E-state index in [2.05, 4.69) is 5.32 Å². The third kappa shape index (κ3) is 8.23. The molecule has 0 fully saturated rings. The molecule has 0 saturated heterocycles.